The summed E-state index contributed by atoms with van der Waals surface area (Å²) in [6.07, 6.45) is 4.55. The monoisotopic (exact) mass is 370 g/mol. The lowest BCUT2D eigenvalue weighted by molar-refractivity contribution is 0.0697. The van der Waals surface area contributed by atoms with Crippen molar-refractivity contribution in [2.24, 2.45) is 5.92 Å². The van der Waals surface area contributed by atoms with Crippen molar-refractivity contribution in [2.45, 2.75) is 38.6 Å². The molecular formula is C21H30N4O2. The number of benzene rings is 1. The van der Waals surface area contributed by atoms with Crippen molar-refractivity contribution in [1.82, 2.24) is 14.7 Å². The van der Waals surface area contributed by atoms with Gasteiger partial charge in [-0.3, -0.25) is 9.69 Å². The highest BCUT2D eigenvalue weighted by atomic mass is 16.2. The van der Waals surface area contributed by atoms with Gasteiger partial charge in [0.05, 0.1) is 0 Å². The molecule has 3 saturated heterocycles. The number of rotatable bonds is 2. The second-order valence-corrected chi connectivity index (χ2v) is 8.26. The van der Waals surface area contributed by atoms with E-state index in [9.17, 15) is 9.59 Å². The van der Waals surface area contributed by atoms with Gasteiger partial charge in [-0.05, 0) is 56.3 Å². The number of fused-ring (bicyclic) bond motifs is 1. The molecule has 0 radical (unpaired) electrons. The molecule has 0 saturated carbocycles. The average Bonchev–Trinajstić information content (AvgIpc) is 3.16. The van der Waals surface area contributed by atoms with Crippen molar-refractivity contribution < 1.29 is 9.59 Å². The van der Waals surface area contributed by atoms with E-state index in [0.29, 0.717) is 23.2 Å². The van der Waals surface area contributed by atoms with Gasteiger partial charge >= 0.3 is 6.03 Å². The van der Waals surface area contributed by atoms with Crippen molar-refractivity contribution in [1.29, 1.82) is 0 Å². The third-order valence-corrected chi connectivity index (χ3v) is 6.31. The average molecular weight is 370 g/mol. The van der Waals surface area contributed by atoms with E-state index in [-0.39, 0.29) is 11.9 Å². The molecule has 1 aromatic rings. The van der Waals surface area contributed by atoms with Crippen LogP contribution in [0, 0.1) is 5.92 Å². The summed E-state index contributed by atoms with van der Waals surface area (Å²) in [6.45, 7) is 7.58. The quantitative estimate of drug-likeness (QED) is 0.871. The molecule has 4 rings (SSSR count). The van der Waals surface area contributed by atoms with E-state index in [4.69, 9.17) is 0 Å². The Balaban J connectivity index is 1.37. The van der Waals surface area contributed by atoms with Crippen LogP contribution in [0.3, 0.4) is 0 Å². The van der Waals surface area contributed by atoms with Crippen LogP contribution in [0.5, 0.6) is 0 Å². The molecule has 3 aliphatic heterocycles. The Morgan fingerprint density at radius 1 is 1.00 bits per heavy atom. The molecule has 0 aliphatic carbocycles. The van der Waals surface area contributed by atoms with Crippen LogP contribution in [0.25, 0.3) is 0 Å². The van der Waals surface area contributed by atoms with Gasteiger partial charge in [0.2, 0.25) is 0 Å². The normalized spacial score (nSPS) is 24.0. The maximum atomic E-state index is 12.8. The van der Waals surface area contributed by atoms with Crippen molar-refractivity contribution in [3.05, 3.63) is 29.8 Å². The SMILES string of the molecule is CC1CCN(C(=O)c2cccc(NC(=O)N3CCN4CCC[C@@H]4C3)c2)CC1. The van der Waals surface area contributed by atoms with E-state index in [1.165, 1.54) is 19.4 Å². The standard InChI is InChI=1S/C21H30N4O2/c1-16-7-10-24(11-8-16)20(26)17-4-2-5-18(14-17)22-21(27)25-13-12-23-9-3-6-19(23)15-25/h2,4-5,14,16,19H,3,6-13,15H2,1H3,(H,22,27)/t19-/m1/s1. The molecule has 6 nitrogen and oxygen atoms in total. The van der Waals surface area contributed by atoms with Crippen LogP contribution in [-0.2, 0) is 0 Å². The van der Waals surface area contributed by atoms with Gasteiger partial charge in [0, 0.05) is 50.0 Å². The van der Waals surface area contributed by atoms with Crippen LogP contribution < -0.4 is 5.32 Å². The number of nitrogens with zero attached hydrogens (tertiary/aromatic N) is 3. The Hall–Kier alpha value is -2.08. The first kappa shape index (κ1) is 18.3. The number of amides is 3. The van der Waals surface area contributed by atoms with Gasteiger partial charge in [-0.2, -0.15) is 0 Å². The number of carbonyl (C=O) groups excluding carboxylic acids is 2. The molecule has 0 bridgehead atoms. The molecule has 27 heavy (non-hydrogen) atoms. The third kappa shape index (κ3) is 4.10. The predicted molar refractivity (Wildman–Crippen MR) is 106 cm³/mol. The fourth-order valence-corrected chi connectivity index (χ4v) is 4.50. The molecule has 1 atom stereocenters. The molecule has 3 amide bonds. The lowest BCUT2D eigenvalue weighted by Gasteiger charge is -2.37. The molecule has 0 aromatic heterocycles. The van der Waals surface area contributed by atoms with Gasteiger partial charge in [-0.25, -0.2) is 4.79 Å². The first-order valence-electron chi connectivity index (χ1n) is 10.3. The Morgan fingerprint density at radius 2 is 1.81 bits per heavy atom. The van der Waals surface area contributed by atoms with Crippen LogP contribution in [0.4, 0.5) is 10.5 Å². The van der Waals surface area contributed by atoms with E-state index >= 15 is 0 Å². The summed E-state index contributed by atoms with van der Waals surface area (Å²) in [5.74, 6) is 0.762. The number of nitrogens with one attached hydrogen (secondary N) is 1. The zero-order chi connectivity index (χ0) is 18.8. The molecule has 1 aromatic carbocycles. The van der Waals surface area contributed by atoms with E-state index < -0.39 is 0 Å². The predicted octanol–water partition coefficient (Wildman–Crippen LogP) is 2.87. The van der Waals surface area contributed by atoms with Gasteiger partial charge in [0.15, 0.2) is 0 Å². The van der Waals surface area contributed by atoms with Crippen molar-refractivity contribution in [3.8, 4) is 0 Å². The highest BCUT2D eigenvalue weighted by Gasteiger charge is 2.32. The largest absolute Gasteiger partial charge is 0.339 e. The van der Waals surface area contributed by atoms with Gasteiger partial charge in [0.1, 0.15) is 0 Å². The smallest absolute Gasteiger partial charge is 0.321 e. The molecular weight excluding hydrogens is 340 g/mol. The lowest BCUT2D eigenvalue weighted by Crippen LogP contribution is -2.53. The number of likely N-dealkylation sites (tertiary alicyclic amines) is 1. The first-order valence-corrected chi connectivity index (χ1v) is 10.3. The molecule has 1 N–H and O–H groups in total. The van der Waals surface area contributed by atoms with Crippen LogP contribution in [0.15, 0.2) is 24.3 Å². The van der Waals surface area contributed by atoms with Crippen LogP contribution in [0.1, 0.15) is 43.0 Å². The Bertz CT molecular complexity index is 699. The number of anilines is 1. The first-order chi connectivity index (χ1) is 13.1. The number of piperidine rings is 1. The summed E-state index contributed by atoms with van der Waals surface area (Å²) in [6, 6.07) is 7.82. The Kier molecular flexibility index (Phi) is 5.34. The topological polar surface area (TPSA) is 55.9 Å². The minimum absolute atomic E-state index is 0.0575. The van der Waals surface area contributed by atoms with Crippen LogP contribution in [-0.4, -0.2) is 71.9 Å². The third-order valence-electron chi connectivity index (χ3n) is 6.31. The summed E-state index contributed by atoms with van der Waals surface area (Å²) in [5.41, 5.74) is 1.35. The van der Waals surface area contributed by atoms with E-state index in [2.05, 4.69) is 17.1 Å². The zero-order valence-corrected chi connectivity index (χ0v) is 16.2. The Labute approximate surface area is 161 Å². The number of urea groups is 1. The Morgan fingerprint density at radius 3 is 2.63 bits per heavy atom. The van der Waals surface area contributed by atoms with Gasteiger partial charge in [-0.15, -0.1) is 0 Å². The van der Waals surface area contributed by atoms with E-state index in [1.807, 2.05) is 34.1 Å². The van der Waals surface area contributed by atoms with Crippen LogP contribution in [0.2, 0.25) is 0 Å². The molecule has 0 unspecified atom stereocenters. The molecule has 3 fully saturated rings. The minimum Gasteiger partial charge on any atom is -0.339 e. The van der Waals surface area contributed by atoms with Gasteiger partial charge < -0.3 is 15.1 Å². The second-order valence-electron chi connectivity index (χ2n) is 8.26. The highest BCUT2D eigenvalue weighted by molar-refractivity contribution is 5.97. The number of piperazine rings is 1. The molecule has 146 valence electrons. The maximum absolute atomic E-state index is 12.8. The van der Waals surface area contributed by atoms with E-state index in [1.54, 1.807) is 0 Å². The maximum Gasteiger partial charge on any atom is 0.321 e. The van der Waals surface area contributed by atoms with Crippen LogP contribution >= 0.6 is 0 Å². The highest BCUT2D eigenvalue weighted by Crippen LogP contribution is 2.23. The fourth-order valence-electron chi connectivity index (χ4n) is 4.50. The lowest BCUT2D eigenvalue weighted by atomic mass is 9.98. The molecule has 3 heterocycles. The summed E-state index contributed by atoms with van der Waals surface area (Å²) in [7, 11) is 0. The van der Waals surface area contributed by atoms with Crippen molar-refractivity contribution in [3.63, 3.8) is 0 Å². The fraction of sp³-hybridized carbons (Fsp3) is 0.619. The number of hydrogen-bond donors (Lipinski definition) is 1. The van der Waals surface area contributed by atoms with Gasteiger partial charge in [-0.1, -0.05) is 13.0 Å². The molecule has 3 aliphatic rings. The summed E-state index contributed by atoms with van der Waals surface area (Å²) >= 11 is 0. The van der Waals surface area contributed by atoms with Crippen molar-refractivity contribution >= 4 is 17.6 Å². The van der Waals surface area contributed by atoms with Crippen molar-refractivity contribution in [2.75, 3.05) is 44.6 Å². The minimum atomic E-state index is -0.0575. The molecule has 6 heteroatoms. The number of carbonyl (C=O) groups is 2. The molecule has 0 spiro atoms. The summed E-state index contributed by atoms with van der Waals surface area (Å²) < 4.78 is 0. The summed E-state index contributed by atoms with van der Waals surface area (Å²) in [5, 5.41) is 2.99. The summed E-state index contributed by atoms with van der Waals surface area (Å²) in [4.78, 5) is 31.8. The second kappa shape index (κ2) is 7.89. The van der Waals surface area contributed by atoms with E-state index in [0.717, 1.165) is 45.6 Å². The number of hydrogen-bond acceptors (Lipinski definition) is 3. The zero-order valence-electron chi connectivity index (χ0n) is 16.2. The van der Waals surface area contributed by atoms with Gasteiger partial charge in [0.25, 0.3) is 5.91 Å².